The van der Waals surface area contributed by atoms with Crippen molar-refractivity contribution in [1.82, 2.24) is 14.8 Å². The highest BCUT2D eigenvalue weighted by atomic mass is 16.5. The Hall–Kier alpha value is -3.73. The summed E-state index contributed by atoms with van der Waals surface area (Å²) in [5.41, 5.74) is 3.76. The number of benzene rings is 1. The average Bonchev–Trinajstić information content (AvgIpc) is 3.09. The lowest BCUT2D eigenvalue weighted by molar-refractivity contribution is -0.118. The maximum absolute atomic E-state index is 12.7. The molecule has 0 radical (unpaired) electrons. The molecule has 2 heterocycles. The average molecular weight is 437 g/mol. The van der Waals surface area contributed by atoms with Crippen LogP contribution < -0.4 is 10.1 Å². The molecule has 8 heteroatoms. The molecule has 1 aromatic heterocycles. The molecule has 168 valence electrons. The third kappa shape index (κ3) is 4.94. The van der Waals surface area contributed by atoms with Crippen molar-refractivity contribution in [2.75, 3.05) is 27.3 Å². The lowest BCUT2D eigenvalue weighted by Gasteiger charge is -2.31. The Balaban J connectivity index is 1.74. The predicted octanol–water partition coefficient (Wildman–Crippen LogP) is 3.36. The minimum absolute atomic E-state index is 0.0513. The minimum atomic E-state index is -0.404. The van der Waals surface area contributed by atoms with E-state index in [2.05, 4.69) is 9.88 Å². The van der Waals surface area contributed by atoms with Crippen molar-refractivity contribution in [2.24, 2.45) is 0 Å². The van der Waals surface area contributed by atoms with Gasteiger partial charge in [-0.15, -0.1) is 0 Å². The van der Waals surface area contributed by atoms with E-state index in [0.29, 0.717) is 25.9 Å². The van der Waals surface area contributed by atoms with Gasteiger partial charge in [0.25, 0.3) is 5.91 Å². The highest BCUT2D eigenvalue weighted by Gasteiger charge is 2.25. The second-order valence-corrected chi connectivity index (χ2v) is 7.73. The number of carbonyl (C=O) groups is 2. The molecule has 1 aromatic carbocycles. The second-order valence-electron chi connectivity index (χ2n) is 7.73. The summed E-state index contributed by atoms with van der Waals surface area (Å²) < 4.78 is 12.0. The summed E-state index contributed by atoms with van der Waals surface area (Å²) in [4.78, 5) is 25.9. The number of ether oxygens (including phenoxy) is 2. The molecule has 1 saturated heterocycles. The number of nitriles is 1. The lowest BCUT2D eigenvalue weighted by Crippen LogP contribution is -2.46. The van der Waals surface area contributed by atoms with Crippen LogP contribution in [0.5, 0.6) is 5.75 Å². The van der Waals surface area contributed by atoms with Crippen molar-refractivity contribution in [3.05, 3.63) is 52.9 Å². The van der Waals surface area contributed by atoms with Crippen molar-refractivity contribution < 1.29 is 19.1 Å². The Morgan fingerprint density at radius 3 is 2.38 bits per heavy atom. The van der Waals surface area contributed by atoms with Gasteiger partial charge >= 0.3 is 6.09 Å². The lowest BCUT2D eigenvalue weighted by atomic mass is 10.0. The van der Waals surface area contributed by atoms with Crippen LogP contribution in [-0.2, 0) is 9.53 Å². The van der Waals surface area contributed by atoms with Gasteiger partial charge in [-0.1, -0.05) is 0 Å². The van der Waals surface area contributed by atoms with Crippen LogP contribution >= 0.6 is 0 Å². The number of piperidine rings is 1. The van der Waals surface area contributed by atoms with Gasteiger partial charge in [0, 0.05) is 36.2 Å². The number of hydrogen-bond acceptors (Lipinski definition) is 5. The fourth-order valence-corrected chi connectivity index (χ4v) is 3.97. The number of rotatable bonds is 5. The fourth-order valence-electron chi connectivity index (χ4n) is 3.97. The number of amides is 2. The zero-order valence-corrected chi connectivity index (χ0v) is 18.8. The highest BCUT2D eigenvalue weighted by molar-refractivity contribution is 6.02. The van der Waals surface area contributed by atoms with Crippen LogP contribution in [0, 0.1) is 25.2 Å². The van der Waals surface area contributed by atoms with E-state index < -0.39 is 5.91 Å². The zero-order chi connectivity index (χ0) is 23.3. The Morgan fingerprint density at radius 1 is 1.16 bits per heavy atom. The van der Waals surface area contributed by atoms with Gasteiger partial charge in [-0.3, -0.25) is 4.79 Å². The number of aromatic nitrogens is 1. The first-order valence-electron chi connectivity index (χ1n) is 10.5. The fraction of sp³-hybridized carbons (Fsp3) is 0.375. The van der Waals surface area contributed by atoms with Gasteiger partial charge in [0.05, 0.1) is 14.2 Å². The predicted molar refractivity (Wildman–Crippen MR) is 121 cm³/mol. The van der Waals surface area contributed by atoms with Crippen LogP contribution in [-0.4, -0.2) is 54.8 Å². The van der Waals surface area contributed by atoms with E-state index in [-0.39, 0.29) is 17.7 Å². The number of likely N-dealkylation sites (tertiary alicyclic amines) is 1. The number of nitrogens with zero attached hydrogens (tertiary/aromatic N) is 3. The molecule has 8 nitrogen and oxygen atoms in total. The number of nitrogens with one attached hydrogen (secondary N) is 1. The van der Waals surface area contributed by atoms with Gasteiger partial charge < -0.3 is 24.3 Å². The number of aryl methyl sites for hydroxylation is 1. The van der Waals surface area contributed by atoms with Gasteiger partial charge in [0.1, 0.15) is 17.4 Å². The maximum Gasteiger partial charge on any atom is 0.409 e. The summed E-state index contributed by atoms with van der Waals surface area (Å²) in [6.45, 7) is 4.95. The van der Waals surface area contributed by atoms with Gasteiger partial charge in [0.15, 0.2) is 0 Å². The Labute approximate surface area is 188 Å². The quantitative estimate of drug-likeness (QED) is 0.573. The third-order valence-corrected chi connectivity index (χ3v) is 5.73. The summed E-state index contributed by atoms with van der Waals surface area (Å²) in [6, 6.07) is 11.6. The minimum Gasteiger partial charge on any atom is -0.497 e. The Morgan fingerprint density at radius 2 is 1.81 bits per heavy atom. The van der Waals surface area contributed by atoms with Crippen molar-refractivity contribution in [3.63, 3.8) is 0 Å². The summed E-state index contributed by atoms with van der Waals surface area (Å²) in [5.74, 6) is 0.371. The van der Waals surface area contributed by atoms with Crippen molar-refractivity contribution in [1.29, 1.82) is 5.26 Å². The van der Waals surface area contributed by atoms with Crippen molar-refractivity contribution in [2.45, 2.75) is 32.7 Å². The number of carbonyl (C=O) groups excluding carboxylic acids is 2. The van der Waals surface area contributed by atoms with Gasteiger partial charge in [-0.25, -0.2) is 4.79 Å². The molecule has 0 spiro atoms. The molecule has 0 unspecified atom stereocenters. The number of methoxy groups -OCH3 is 2. The topological polar surface area (TPSA) is 96.6 Å². The van der Waals surface area contributed by atoms with Gasteiger partial charge in [-0.05, 0) is 68.7 Å². The molecule has 32 heavy (non-hydrogen) atoms. The van der Waals surface area contributed by atoms with Crippen LogP contribution in [0.15, 0.2) is 35.9 Å². The van der Waals surface area contributed by atoms with Gasteiger partial charge in [-0.2, -0.15) is 5.26 Å². The largest absolute Gasteiger partial charge is 0.497 e. The maximum atomic E-state index is 12.7. The summed E-state index contributed by atoms with van der Waals surface area (Å²) in [7, 11) is 2.98. The number of hydrogen-bond donors (Lipinski definition) is 1. The Bertz CT molecular complexity index is 1050. The van der Waals surface area contributed by atoms with Crippen LogP contribution in [0.2, 0.25) is 0 Å². The molecule has 2 amide bonds. The monoisotopic (exact) mass is 436 g/mol. The van der Waals surface area contributed by atoms with Crippen molar-refractivity contribution in [3.8, 4) is 17.5 Å². The van der Waals surface area contributed by atoms with E-state index in [1.165, 1.54) is 7.11 Å². The zero-order valence-electron chi connectivity index (χ0n) is 18.8. The molecule has 0 aliphatic carbocycles. The molecule has 1 aliphatic rings. The molecule has 1 fully saturated rings. The van der Waals surface area contributed by atoms with E-state index in [4.69, 9.17) is 9.47 Å². The normalized spacial score (nSPS) is 14.6. The Kier molecular flexibility index (Phi) is 7.21. The SMILES string of the molecule is COC(=O)N1CCC(NC(=O)/C(C#N)=C\c2cc(C)n(-c3ccc(OC)cc3)c2C)CC1. The van der Waals surface area contributed by atoms with Crippen LogP contribution in [0.3, 0.4) is 0 Å². The molecule has 1 aliphatic heterocycles. The summed E-state index contributed by atoms with van der Waals surface area (Å²) >= 11 is 0. The smallest absolute Gasteiger partial charge is 0.409 e. The molecule has 0 atom stereocenters. The van der Waals surface area contributed by atoms with Crippen LogP contribution in [0.4, 0.5) is 4.79 Å². The molecule has 0 saturated carbocycles. The summed E-state index contributed by atoms with van der Waals surface area (Å²) in [5, 5.41) is 12.5. The first kappa shape index (κ1) is 22.9. The highest BCUT2D eigenvalue weighted by Crippen LogP contribution is 2.24. The molecule has 3 rings (SSSR count). The molecular formula is C24H28N4O4. The first-order valence-corrected chi connectivity index (χ1v) is 10.5. The van der Waals surface area contributed by atoms with E-state index in [0.717, 1.165) is 28.4 Å². The van der Waals surface area contributed by atoms with Gasteiger partial charge in [0.2, 0.25) is 0 Å². The third-order valence-electron chi connectivity index (χ3n) is 5.73. The molecular weight excluding hydrogens is 408 g/mol. The van der Waals surface area contributed by atoms with Crippen molar-refractivity contribution >= 4 is 18.1 Å². The van der Waals surface area contributed by atoms with Crippen LogP contribution in [0.1, 0.15) is 29.8 Å². The van der Waals surface area contributed by atoms with E-state index in [9.17, 15) is 14.9 Å². The van der Waals surface area contributed by atoms with E-state index in [1.807, 2.05) is 50.2 Å². The van der Waals surface area contributed by atoms with E-state index >= 15 is 0 Å². The molecule has 2 aromatic rings. The summed E-state index contributed by atoms with van der Waals surface area (Å²) in [6.07, 6.45) is 2.50. The standard InChI is InChI=1S/C24H28N4O4/c1-16-13-18(17(2)28(16)21-5-7-22(31-3)8-6-21)14-19(15-25)23(29)26-20-9-11-27(12-10-20)24(30)32-4/h5-8,13-14,20H,9-12H2,1-4H3,(H,26,29)/b19-14-. The molecule has 0 bridgehead atoms. The van der Waals surface area contributed by atoms with Crippen LogP contribution in [0.25, 0.3) is 11.8 Å². The first-order chi connectivity index (χ1) is 15.4. The molecule has 1 N–H and O–H groups in total. The van der Waals surface area contributed by atoms with E-state index in [1.54, 1.807) is 18.1 Å². The second kappa shape index (κ2) is 10.1.